The number of ether oxygens (including phenoxy) is 1. The van der Waals surface area contributed by atoms with E-state index >= 15 is 0 Å². The maximum atomic E-state index is 11.4. The molecule has 0 radical (unpaired) electrons. The molecule has 3 heterocycles. The number of morpholine rings is 1. The van der Waals surface area contributed by atoms with E-state index in [1.54, 1.807) is 7.05 Å². The van der Waals surface area contributed by atoms with Crippen molar-refractivity contribution in [1.29, 1.82) is 0 Å². The summed E-state index contributed by atoms with van der Waals surface area (Å²) in [4.78, 5) is 26.0. The Kier molecular flexibility index (Phi) is 4.61. The van der Waals surface area contributed by atoms with Crippen LogP contribution in [0, 0.1) is 6.92 Å². The number of aromatic amines is 1. The van der Waals surface area contributed by atoms with Gasteiger partial charge < -0.3 is 25.3 Å². The molecular weight excluding hydrogens is 296 g/mol. The molecule has 3 rings (SSSR count). The zero-order chi connectivity index (χ0) is 16.2. The summed E-state index contributed by atoms with van der Waals surface area (Å²) in [7, 11) is 1.64. The molecule has 8 nitrogen and oxygen atoms in total. The predicted octanol–water partition coefficient (Wildman–Crippen LogP) is 0.651. The highest BCUT2D eigenvalue weighted by Crippen LogP contribution is 2.24. The third kappa shape index (κ3) is 3.53. The molecule has 0 atom stereocenters. The van der Waals surface area contributed by atoms with Crippen molar-refractivity contribution in [2.75, 3.05) is 50.1 Å². The average Bonchev–Trinajstić information content (AvgIpc) is 2.95. The van der Waals surface area contributed by atoms with Crippen molar-refractivity contribution < 1.29 is 9.53 Å². The molecule has 2 aromatic rings. The first-order valence-corrected chi connectivity index (χ1v) is 7.82. The number of fused-ring (bicyclic) bond motifs is 1. The first-order chi connectivity index (χ1) is 11.2. The number of amides is 1. The van der Waals surface area contributed by atoms with Crippen LogP contribution >= 0.6 is 0 Å². The minimum Gasteiger partial charge on any atom is -0.378 e. The molecule has 2 aromatic heterocycles. The number of nitrogens with zero attached hydrogens (tertiary/aromatic N) is 3. The fourth-order valence-electron chi connectivity index (χ4n) is 2.59. The first kappa shape index (κ1) is 15.5. The van der Waals surface area contributed by atoms with E-state index in [9.17, 15) is 4.79 Å². The van der Waals surface area contributed by atoms with Crippen molar-refractivity contribution >= 4 is 28.7 Å². The molecule has 1 amide bonds. The molecule has 8 heteroatoms. The lowest BCUT2D eigenvalue weighted by Gasteiger charge is -2.27. The van der Waals surface area contributed by atoms with Crippen LogP contribution in [0.4, 0.5) is 11.8 Å². The summed E-state index contributed by atoms with van der Waals surface area (Å²) < 4.78 is 5.38. The third-order valence-electron chi connectivity index (χ3n) is 3.83. The van der Waals surface area contributed by atoms with E-state index in [1.165, 1.54) is 0 Å². The Hall–Kier alpha value is -2.35. The lowest BCUT2D eigenvalue weighted by atomic mass is 10.3. The van der Waals surface area contributed by atoms with Crippen molar-refractivity contribution in [2.45, 2.75) is 13.3 Å². The van der Waals surface area contributed by atoms with Crippen LogP contribution in [0.2, 0.25) is 0 Å². The van der Waals surface area contributed by atoms with Gasteiger partial charge in [0.1, 0.15) is 11.5 Å². The summed E-state index contributed by atoms with van der Waals surface area (Å²) >= 11 is 0. The first-order valence-electron chi connectivity index (χ1n) is 7.82. The van der Waals surface area contributed by atoms with Gasteiger partial charge in [0.2, 0.25) is 11.9 Å². The lowest BCUT2D eigenvalue weighted by molar-refractivity contribution is -0.120. The number of nitrogens with one attached hydrogen (secondary N) is 3. The Morgan fingerprint density at radius 3 is 2.91 bits per heavy atom. The van der Waals surface area contributed by atoms with Gasteiger partial charge in [0.15, 0.2) is 0 Å². The van der Waals surface area contributed by atoms with Crippen LogP contribution in [0.1, 0.15) is 12.1 Å². The minimum absolute atomic E-state index is 0.00134. The number of carbonyl (C=O) groups is 1. The normalized spacial score (nSPS) is 15.0. The van der Waals surface area contributed by atoms with Crippen molar-refractivity contribution in [3.63, 3.8) is 0 Å². The second-order valence-corrected chi connectivity index (χ2v) is 5.54. The van der Waals surface area contributed by atoms with Crippen molar-refractivity contribution in [3.05, 3.63) is 11.8 Å². The van der Waals surface area contributed by atoms with Crippen molar-refractivity contribution in [1.82, 2.24) is 20.3 Å². The van der Waals surface area contributed by atoms with Gasteiger partial charge in [-0.25, -0.2) is 0 Å². The molecule has 0 unspecified atom stereocenters. The van der Waals surface area contributed by atoms with E-state index in [0.29, 0.717) is 32.1 Å². The largest absolute Gasteiger partial charge is 0.378 e. The van der Waals surface area contributed by atoms with Gasteiger partial charge in [-0.1, -0.05) is 0 Å². The molecule has 0 aliphatic carbocycles. The Bertz CT molecular complexity index is 693. The fourth-order valence-corrected chi connectivity index (χ4v) is 2.59. The van der Waals surface area contributed by atoms with Gasteiger partial charge >= 0.3 is 0 Å². The average molecular weight is 318 g/mol. The number of aryl methyl sites for hydroxylation is 1. The number of hydrogen-bond donors (Lipinski definition) is 3. The Balaban J connectivity index is 1.85. The van der Waals surface area contributed by atoms with Crippen LogP contribution in [0.3, 0.4) is 0 Å². The van der Waals surface area contributed by atoms with Crippen LogP contribution in [-0.4, -0.2) is 60.8 Å². The van der Waals surface area contributed by atoms with Crippen LogP contribution in [0.5, 0.6) is 0 Å². The van der Waals surface area contributed by atoms with Crippen LogP contribution in [-0.2, 0) is 9.53 Å². The smallest absolute Gasteiger partial charge is 0.229 e. The zero-order valence-corrected chi connectivity index (χ0v) is 13.5. The molecule has 1 aliphatic rings. The lowest BCUT2D eigenvalue weighted by Crippen LogP contribution is -2.37. The Labute approximate surface area is 134 Å². The second kappa shape index (κ2) is 6.82. The quantitative estimate of drug-likeness (QED) is 0.749. The molecule has 0 saturated carbocycles. The molecule has 0 aromatic carbocycles. The van der Waals surface area contributed by atoms with E-state index in [1.807, 2.05) is 13.0 Å². The standard InChI is InChI=1S/C15H22N6O2/c1-10-9-11-13(17-4-3-12(22)16-2)19-15(20-14(11)18-10)21-5-7-23-8-6-21/h9H,3-8H2,1-2H3,(H,16,22)(H2,17,18,19,20). The maximum absolute atomic E-state index is 11.4. The van der Waals surface area contributed by atoms with E-state index in [-0.39, 0.29) is 5.91 Å². The number of carbonyl (C=O) groups excluding carboxylic acids is 1. The highest BCUT2D eigenvalue weighted by atomic mass is 16.5. The molecule has 23 heavy (non-hydrogen) atoms. The third-order valence-corrected chi connectivity index (χ3v) is 3.83. The highest BCUT2D eigenvalue weighted by Gasteiger charge is 2.17. The summed E-state index contributed by atoms with van der Waals surface area (Å²) in [6.45, 7) is 5.45. The minimum atomic E-state index is 0.00134. The molecular formula is C15H22N6O2. The summed E-state index contributed by atoms with van der Waals surface area (Å²) in [5, 5.41) is 6.81. The monoisotopic (exact) mass is 318 g/mol. The molecule has 124 valence electrons. The summed E-state index contributed by atoms with van der Waals surface area (Å²) in [6, 6.07) is 2.01. The number of hydrogen-bond acceptors (Lipinski definition) is 6. The molecule has 3 N–H and O–H groups in total. The molecule has 0 bridgehead atoms. The Morgan fingerprint density at radius 1 is 1.39 bits per heavy atom. The van der Waals surface area contributed by atoms with Crippen LogP contribution in [0.25, 0.3) is 11.0 Å². The van der Waals surface area contributed by atoms with Gasteiger partial charge in [0.25, 0.3) is 0 Å². The van der Waals surface area contributed by atoms with E-state index < -0.39 is 0 Å². The van der Waals surface area contributed by atoms with E-state index in [2.05, 4.69) is 30.5 Å². The summed E-state index contributed by atoms with van der Waals surface area (Å²) in [5.41, 5.74) is 1.84. The van der Waals surface area contributed by atoms with Gasteiger partial charge in [0, 0.05) is 38.8 Å². The topological polar surface area (TPSA) is 95.2 Å². The van der Waals surface area contributed by atoms with Gasteiger partial charge in [-0.3, -0.25) is 4.79 Å². The van der Waals surface area contributed by atoms with Gasteiger partial charge in [0.05, 0.1) is 18.6 Å². The number of aromatic nitrogens is 3. The van der Waals surface area contributed by atoms with Gasteiger partial charge in [-0.05, 0) is 13.0 Å². The van der Waals surface area contributed by atoms with Crippen molar-refractivity contribution in [2.24, 2.45) is 0 Å². The molecule has 1 aliphatic heterocycles. The summed E-state index contributed by atoms with van der Waals surface area (Å²) in [5.74, 6) is 1.44. The van der Waals surface area contributed by atoms with Crippen LogP contribution < -0.4 is 15.5 Å². The number of H-pyrrole nitrogens is 1. The Morgan fingerprint density at radius 2 is 2.17 bits per heavy atom. The van der Waals surface area contributed by atoms with E-state index in [4.69, 9.17) is 4.74 Å². The number of rotatable bonds is 5. The predicted molar refractivity (Wildman–Crippen MR) is 88.8 cm³/mol. The highest BCUT2D eigenvalue weighted by molar-refractivity contribution is 5.89. The molecule has 1 fully saturated rings. The SMILES string of the molecule is CNC(=O)CCNc1nc(N2CCOCC2)nc2[nH]c(C)cc12. The van der Waals surface area contributed by atoms with Crippen LogP contribution in [0.15, 0.2) is 6.07 Å². The van der Waals surface area contributed by atoms with Crippen molar-refractivity contribution in [3.8, 4) is 0 Å². The van der Waals surface area contributed by atoms with Gasteiger partial charge in [-0.15, -0.1) is 0 Å². The molecule has 1 saturated heterocycles. The molecule has 0 spiro atoms. The van der Waals surface area contributed by atoms with Gasteiger partial charge in [-0.2, -0.15) is 9.97 Å². The maximum Gasteiger partial charge on any atom is 0.229 e. The fraction of sp³-hybridized carbons (Fsp3) is 0.533. The zero-order valence-electron chi connectivity index (χ0n) is 13.5. The number of anilines is 2. The summed E-state index contributed by atoms with van der Waals surface area (Å²) in [6.07, 6.45) is 0.401. The second-order valence-electron chi connectivity index (χ2n) is 5.54. The van der Waals surface area contributed by atoms with E-state index in [0.717, 1.165) is 35.6 Å².